The highest BCUT2D eigenvalue weighted by Crippen LogP contribution is 2.19. The standard InChI is InChI=1S/C11H18N4O3/c1-6-3-15(4-8(5-16)18-6)11(17)9-7(2)13-14-10(9)12/h6,8,16H,3-5H2,1-2H3,(H3,12,13,14). The number of nitrogens with two attached hydrogens (primary N) is 1. The van der Waals surface area contributed by atoms with Crippen LogP contribution in [0.5, 0.6) is 0 Å². The maximum Gasteiger partial charge on any atom is 0.259 e. The van der Waals surface area contributed by atoms with Gasteiger partial charge in [0, 0.05) is 18.8 Å². The quantitative estimate of drug-likeness (QED) is 0.661. The zero-order valence-electron chi connectivity index (χ0n) is 10.5. The van der Waals surface area contributed by atoms with E-state index in [4.69, 9.17) is 15.6 Å². The van der Waals surface area contributed by atoms with Gasteiger partial charge in [0.2, 0.25) is 0 Å². The number of aromatic amines is 1. The van der Waals surface area contributed by atoms with E-state index in [9.17, 15) is 4.79 Å². The van der Waals surface area contributed by atoms with Gasteiger partial charge >= 0.3 is 0 Å². The number of ether oxygens (including phenoxy) is 1. The summed E-state index contributed by atoms with van der Waals surface area (Å²) in [4.78, 5) is 14.0. The van der Waals surface area contributed by atoms with Crippen LogP contribution in [-0.2, 0) is 4.74 Å². The molecule has 1 fully saturated rings. The van der Waals surface area contributed by atoms with Crippen molar-refractivity contribution in [1.82, 2.24) is 15.1 Å². The summed E-state index contributed by atoms with van der Waals surface area (Å²) < 4.78 is 5.50. The Morgan fingerprint density at radius 1 is 1.67 bits per heavy atom. The topological polar surface area (TPSA) is 104 Å². The number of nitrogen functional groups attached to an aromatic ring is 1. The third-order valence-electron chi connectivity index (χ3n) is 3.01. The summed E-state index contributed by atoms with van der Waals surface area (Å²) in [5.74, 6) is 0.0320. The molecule has 2 heterocycles. The van der Waals surface area contributed by atoms with Crippen molar-refractivity contribution in [2.75, 3.05) is 25.4 Å². The number of nitrogens with one attached hydrogen (secondary N) is 1. The third kappa shape index (κ3) is 2.32. The molecule has 0 aromatic carbocycles. The third-order valence-corrected chi connectivity index (χ3v) is 3.01. The fraction of sp³-hybridized carbons (Fsp3) is 0.636. The van der Waals surface area contributed by atoms with Crippen LogP contribution in [0.25, 0.3) is 0 Å². The van der Waals surface area contributed by atoms with Crippen molar-refractivity contribution in [2.45, 2.75) is 26.1 Å². The first-order valence-corrected chi connectivity index (χ1v) is 5.89. The van der Waals surface area contributed by atoms with Crippen LogP contribution in [0.4, 0.5) is 5.82 Å². The van der Waals surface area contributed by atoms with E-state index in [-0.39, 0.29) is 30.5 Å². The summed E-state index contributed by atoms with van der Waals surface area (Å²) in [6.45, 7) is 4.37. The number of anilines is 1. The number of carbonyl (C=O) groups excluding carboxylic acids is 1. The van der Waals surface area contributed by atoms with Gasteiger partial charge in [0.1, 0.15) is 5.56 Å². The maximum absolute atomic E-state index is 12.4. The molecule has 0 aliphatic carbocycles. The number of nitrogens with zero attached hydrogens (tertiary/aromatic N) is 2. The van der Waals surface area contributed by atoms with Crippen LogP contribution in [0.1, 0.15) is 23.0 Å². The number of aromatic nitrogens is 2. The van der Waals surface area contributed by atoms with E-state index >= 15 is 0 Å². The van der Waals surface area contributed by atoms with Gasteiger partial charge in [-0.2, -0.15) is 5.10 Å². The van der Waals surface area contributed by atoms with E-state index in [2.05, 4.69) is 10.2 Å². The molecule has 0 bridgehead atoms. The molecule has 1 aliphatic rings. The highest BCUT2D eigenvalue weighted by atomic mass is 16.5. The number of aliphatic hydroxyl groups excluding tert-OH is 1. The van der Waals surface area contributed by atoms with Gasteiger partial charge < -0.3 is 20.5 Å². The Bertz CT molecular complexity index is 426. The molecule has 0 spiro atoms. The Kier molecular flexibility index (Phi) is 3.53. The molecular weight excluding hydrogens is 236 g/mol. The van der Waals surface area contributed by atoms with Gasteiger partial charge in [-0.05, 0) is 13.8 Å². The number of H-pyrrole nitrogens is 1. The van der Waals surface area contributed by atoms with Crippen molar-refractivity contribution >= 4 is 11.7 Å². The molecule has 0 radical (unpaired) electrons. The lowest BCUT2D eigenvalue weighted by Crippen LogP contribution is -2.50. The normalized spacial score (nSPS) is 24.3. The van der Waals surface area contributed by atoms with Crippen LogP contribution in [0.3, 0.4) is 0 Å². The van der Waals surface area contributed by atoms with E-state index in [0.717, 1.165) is 0 Å². The molecule has 0 saturated carbocycles. The van der Waals surface area contributed by atoms with Gasteiger partial charge in [-0.25, -0.2) is 0 Å². The Balaban J connectivity index is 2.18. The predicted molar refractivity (Wildman–Crippen MR) is 65.1 cm³/mol. The Morgan fingerprint density at radius 3 is 2.94 bits per heavy atom. The van der Waals surface area contributed by atoms with Crippen molar-refractivity contribution in [1.29, 1.82) is 0 Å². The minimum absolute atomic E-state index is 0.103. The average Bonchev–Trinajstić information content (AvgIpc) is 2.67. The summed E-state index contributed by atoms with van der Waals surface area (Å²) in [5.41, 5.74) is 6.73. The van der Waals surface area contributed by atoms with Gasteiger partial charge in [0.15, 0.2) is 5.82 Å². The highest BCUT2D eigenvalue weighted by Gasteiger charge is 2.30. The smallest absolute Gasteiger partial charge is 0.259 e. The van der Waals surface area contributed by atoms with Crippen molar-refractivity contribution in [3.63, 3.8) is 0 Å². The summed E-state index contributed by atoms with van der Waals surface area (Å²) in [6.07, 6.45) is -0.445. The molecule has 1 amide bonds. The largest absolute Gasteiger partial charge is 0.394 e. The second-order valence-electron chi connectivity index (χ2n) is 4.57. The van der Waals surface area contributed by atoms with Gasteiger partial charge in [-0.3, -0.25) is 9.89 Å². The van der Waals surface area contributed by atoms with E-state index in [1.807, 2.05) is 6.92 Å². The number of rotatable bonds is 2. The fourth-order valence-electron chi connectivity index (χ4n) is 2.19. The first kappa shape index (κ1) is 12.8. The molecule has 4 N–H and O–H groups in total. The van der Waals surface area contributed by atoms with Crippen molar-refractivity contribution < 1.29 is 14.6 Å². The number of aryl methyl sites for hydroxylation is 1. The second-order valence-corrected chi connectivity index (χ2v) is 4.57. The van der Waals surface area contributed by atoms with Crippen LogP contribution in [0.2, 0.25) is 0 Å². The SMILES string of the molecule is Cc1[nH]nc(N)c1C(=O)N1CC(C)OC(CO)C1. The van der Waals surface area contributed by atoms with E-state index < -0.39 is 0 Å². The summed E-state index contributed by atoms with van der Waals surface area (Å²) in [5, 5.41) is 15.6. The highest BCUT2D eigenvalue weighted by molar-refractivity contribution is 5.99. The molecule has 2 unspecified atom stereocenters. The second kappa shape index (κ2) is 4.95. The maximum atomic E-state index is 12.4. The summed E-state index contributed by atoms with van der Waals surface area (Å²) in [6, 6.07) is 0. The molecule has 100 valence electrons. The fourth-order valence-corrected chi connectivity index (χ4v) is 2.19. The molecule has 2 rings (SSSR count). The molecule has 1 saturated heterocycles. The molecule has 18 heavy (non-hydrogen) atoms. The van der Waals surface area contributed by atoms with Crippen molar-refractivity contribution in [2.24, 2.45) is 0 Å². The van der Waals surface area contributed by atoms with Gasteiger partial charge in [0.05, 0.1) is 18.8 Å². The number of hydrogen-bond donors (Lipinski definition) is 3. The molecule has 1 aromatic rings. The van der Waals surface area contributed by atoms with Crippen molar-refractivity contribution in [3.8, 4) is 0 Å². The van der Waals surface area contributed by atoms with Gasteiger partial charge in [0.25, 0.3) is 5.91 Å². The summed E-state index contributed by atoms with van der Waals surface area (Å²) >= 11 is 0. The monoisotopic (exact) mass is 254 g/mol. The van der Waals surface area contributed by atoms with Crippen LogP contribution in [0, 0.1) is 6.92 Å². The lowest BCUT2D eigenvalue weighted by atomic mass is 10.1. The number of hydrogen-bond acceptors (Lipinski definition) is 5. The van der Waals surface area contributed by atoms with Crippen LogP contribution in [0.15, 0.2) is 0 Å². The number of carbonyl (C=O) groups is 1. The Hall–Kier alpha value is -1.60. The number of aliphatic hydroxyl groups is 1. The molecule has 1 aromatic heterocycles. The predicted octanol–water partition coefficient (Wildman–Crippen LogP) is -0.478. The zero-order valence-corrected chi connectivity index (χ0v) is 10.5. The lowest BCUT2D eigenvalue weighted by Gasteiger charge is -2.36. The zero-order chi connectivity index (χ0) is 13.3. The minimum Gasteiger partial charge on any atom is -0.394 e. The molecule has 7 nitrogen and oxygen atoms in total. The number of morpholine rings is 1. The van der Waals surface area contributed by atoms with Crippen LogP contribution >= 0.6 is 0 Å². The summed E-state index contributed by atoms with van der Waals surface area (Å²) in [7, 11) is 0. The van der Waals surface area contributed by atoms with Crippen LogP contribution in [-0.4, -0.2) is 58.0 Å². The number of amides is 1. The average molecular weight is 254 g/mol. The minimum atomic E-state index is -0.342. The molecule has 2 atom stereocenters. The van der Waals surface area contributed by atoms with Crippen LogP contribution < -0.4 is 5.73 Å². The van der Waals surface area contributed by atoms with Crippen molar-refractivity contribution in [3.05, 3.63) is 11.3 Å². The molecular formula is C11H18N4O3. The Morgan fingerprint density at radius 2 is 2.39 bits per heavy atom. The van der Waals surface area contributed by atoms with E-state index in [1.165, 1.54) is 0 Å². The van der Waals surface area contributed by atoms with Gasteiger partial charge in [-0.15, -0.1) is 0 Å². The lowest BCUT2D eigenvalue weighted by molar-refractivity contribution is -0.0858. The van der Waals surface area contributed by atoms with Gasteiger partial charge in [-0.1, -0.05) is 0 Å². The first-order valence-electron chi connectivity index (χ1n) is 5.89. The molecule has 1 aliphatic heterocycles. The van der Waals surface area contributed by atoms with E-state index in [0.29, 0.717) is 24.3 Å². The molecule has 7 heteroatoms. The van der Waals surface area contributed by atoms with E-state index in [1.54, 1.807) is 11.8 Å². The first-order chi connectivity index (χ1) is 8.52. The Labute approximate surface area is 105 Å².